The highest BCUT2D eigenvalue weighted by molar-refractivity contribution is 7.80. The second-order valence-corrected chi connectivity index (χ2v) is 6.42. The zero-order valence-corrected chi connectivity index (χ0v) is 14.7. The molecule has 0 atom stereocenters. The first-order chi connectivity index (χ1) is 11.4. The molecule has 0 saturated heterocycles. The van der Waals surface area contributed by atoms with Crippen LogP contribution in [0.1, 0.15) is 35.3 Å². The lowest BCUT2D eigenvalue weighted by Crippen LogP contribution is -2.12. The Hall–Kier alpha value is -2.53. The molecule has 0 aliphatic carbocycles. The fourth-order valence-corrected chi connectivity index (χ4v) is 2.62. The van der Waals surface area contributed by atoms with Gasteiger partial charge in [0.2, 0.25) is 0 Å². The smallest absolute Gasteiger partial charge is 0.251 e. The van der Waals surface area contributed by atoms with Crippen LogP contribution in [0.5, 0.6) is 0 Å². The average Bonchev–Trinajstić information content (AvgIpc) is 2.88. The summed E-state index contributed by atoms with van der Waals surface area (Å²) in [6, 6.07) is 14.1. The minimum absolute atomic E-state index is 0.00238. The third-order valence-corrected chi connectivity index (χ3v) is 3.58. The first-order valence-electron chi connectivity index (χ1n) is 7.68. The lowest BCUT2D eigenvalue weighted by Gasteiger charge is -2.10. The summed E-state index contributed by atoms with van der Waals surface area (Å²) in [5.41, 5.74) is 10.6. The van der Waals surface area contributed by atoms with Gasteiger partial charge in [-0.1, -0.05) is 48.6 Å². The van der Waals surface area contributed by atoms with Gasteiger partial charge in [-0.05, 0) is 42.2 Å². The molecule has 0 saturated carbocycles. The van der Waals surface area contributed by atoms with E-state index in [0.717, 1.165) is 27.8 Å². The van der Waals surface area contributed by atoms with Gasteiger partial charge in [-0.2, -0.15) is 0 Å². The topological polar surface area (TPSA) is 79.0 Å². The Morgan fingerprint density at radius 3 is 2.54 bits per heavy atom. The van der Waals surface area contributed by atoms with Crippen LogP contribution in [0.3, 0.4) is 0 Å². The van der Waals surface area contributed by atoms with Gasteiger partial charge in [0.15, 0.2) is 0 Å². The van der Waals surface area contributed by atoms with Crippen LogP contribution in [0.4, 0.5) is 0 Å². The Bertz CT molecular complexity index is 795. The monoisotopic (exact) mass is 339 g/mol. The van der Waals surface area contributed by atoms with E-state index in [0.29, 0.717) is 23.7 Å². The normalized spacial score (nSPS) is 11.8. The molecular formula is C19H21N3OS. The molecule has 0 spiro atoms. The van der Waals surface area contributed by atoms with Gasteiger partial charge in [-0.25, -0.2) is 0 Å². The Balaban J connectivity index is 0.000000471. The number of amides is 1. The van der Waals surface area contributed by atoms with Gasteiger partial charge in [-0.15, -0.1) is 0 Å². The van der Waals surface area contributed by atoms with Crippen molar-refractivity contribution in [2.75, 3.05) is 0 Å². The molecule has 4 N–H and O–H groups in total. The number of carbonyl (C=O) groups excluding carboxylic acids is 1. The summed E-state index contributed by atoms with van der Waals surface area (Å²) in [4.78, 5) is 12.3. The van der Waals surface area contributed by atoms with Gasteiger partial charge >= 0.3 is 0 Å². The van der Waals surface area contributed by atoms with E-state index in [2.05, 4.69) is 23.6 Å². The molecule has 0 unspecified atom stereocenters. The zero-order valence-electron chi connectivity index (χ0n) is 13.8. The van der Waals surface area contributed by atoms with Crippen LogP contribution in [-0.2, 0) is 13.0 Å². The highest BCUT2D eigenvalue weighted by Crippen LogP contribution is 2.28. The summed E-state index contributed by atoms with van der Waals surface area (Å²) < 4.78 is 0. The van der Waals surface area contributed by atoms with Crippen LogP contribution in [0.15, 0.2) is 42.5 Å². The number of benzene rings is 2. The Morgan fingerprint density at radius 2 is 1.88 bits per heavy atom. The Kier molecular flexibility index (Phi) is 5.82. The van der Waals surface area contributed by atoms with Crippen molar-refractivity contribution in [3.63, 3.8) is 0 Å². The molecule has 3 rings (SSSR count). The average molecular weight is 339 g/mol. The van der Waals surface area contributed by atoms with E-state index in [-0.39, 0.29) is 5.91 Å². The third-order valence-electron chi connectivity index (χ3n) is 3.58. The number of rotatable bonds is 3. The van der Waals surface area contributed by atoms with Gasteiger partial charge in [0.1, 0.15) is 0 Å². The van der Waals surface area contributed by atoms with Gasteiger partial charge in [0, 0.05) is 24.2 Å². The van der Waals surface area contributed by atoms with E-state index in [1.807, 2.05) is 43.3 Å². The molecule has 1 heterocycles. The quantitative estimate of drug-likeness (QED) is 0.592. The van der Waals surface area contributed by atoms with Crippen molar-refractivity contribution < 1.29 is 4.79 Å². The van der Waals surface area contributed by atoms with E-state index in [9.17, 15) is 4.79 Å². The Morgan fingerprint density at radius 1 is 1.21 bits per heavy atom. The second kappa shape index (κ2) is 7.84. The van der Waals surface area contributed by atoms with Crippen molar-refractivity contribution in [3.05, 3.63) is 59.2 Å². The first-order valence-corrected chi connectivity index (χ1v) is 8.08. The molecule has 1 aliphatic rings. The predicted molar refractivity (Wildman–Crippen MR) is 103 cm³/mol. The number of nitrogens with one attached hydrogen (secondary N) is 2. The molecule has 24 heavy (non-hydrogen) atoms. The van der Waals surface area contributed by atoms with Crippen LogP contribution in [0, 0.1) is 5.41 Å². The molecule has 1 amide bonds. The number of carbonyl (C=O) groups is 1. The molecule has 0 aromatic heterocycles. The molecule has 124 valence electrons. The third kappa shape index (κ3) is 4.49. The molecular weight excluding hydrogens is 318 g/mol. The van der Waals surface area contributed by atoms with Crippen molar-refractivity contribution in [2.24, 2.45) is 5.73 Å². The minimum Gasteiger partial charge on any atom is -0.394 e. The largest absolute Gasteiger partial charge is 0.394 e. The zero-order chi connectivity index (χ0) is 17.7. The summed E-state index contributed by atoms with van der Waals surface area (Å²) in [5, 5.41) is 10.5. The summed E-state index contributed by atoms with van der Waals surface area (Å²) >= 11 is 4.31. The fraction of sp³-hybridized carbons (Fsp3) is 0.211. The summed E-state index contributed by atoms with van der Waals surface area (Å²) in [6.07, 6.45) is 0.638. The summed E-state index contributed by atoms with van der Waals surface area (Å²) in [5.74, 6) is 0.00238. The Labute approximate surface area is 147 Å². The molecule has 5 heteroatoms. The van der Waals surface area contributed by atoms with Crippen molar-refractivity contribution in [1.82, 2.24) is 5.32 Å². The SMILES string of the molecule is CC(=N)Cc1ccccc1-c1ccc2c(c1)C(=O)NC2.CC(N)=S. The predicted octanol–water partition coefficient (Wildman–Crippen LogP) is 3.47. The van der Waals surface area contributed by atoms with Crippen LogP contribution in [0.25, 0.3) is 11.1 Å². The number of thiocarbonyl (C=S) groups is 1. The number of hydrogen-bond donors (Lipinski definition) is 3. The van der Waals surface area contributed by atoms with Crippen LogP contribution < -0.4 is 11.1 Å². The number of hydrogen-bond acceptors (Lipinski definition) is 3. The highest BCUT2D eigenvalue weighted by atomic mass is 32.1. The molecule has 2 aromatic rings. The van der Waals surface area contributed by atoms with Crippen LogP contribution in [-0.4, -0.2) is 16.6 Å². The maximum atomic E-state index is 11.8. The van der Waals surface area contributed by atoms with E-state index in [1.54, 1.807) is 6.92 Å². The molecule has 2 aromatic carbocycles. The lowest BCUT2D eigenvalue weighted by molar-refractivity contribution is 0.0966. The van der Waals surface area contributed by atoms with E-state index in [4.69, 9.17) is 11.1 Å². The molecule has 0 radical (unpaired) electrons. The standard InChI is InChI=1S/C17H16N2O.C2H5NS/c1-11(18)8-12-4-2-3-5-15(12)13-6-7-14-10-19-17(20)16(14)9-13;1-2(3)4/h2-7,9,18H,8,10H2,1H3,(H,19,20);1H3,(H2,3,4). The number of nitrogens with two attached hydrogens (primary N) is 1. The molecule has 4 nitrogen and oxygen atoms in total. The van der Waals surface area contributed by atoms with E-state index >= 15 is 0 Å². The van der Waals surface area contributed by atoms with E-state index in [1.165, 1.54) is 0 Å². The first kappa shape index (κ1) is 17.8. The van der Waals surface area contributed by atoms with Crippen molar-refractivity contribution in [1.29, 1.82) is 5.41 Å². The molecule has 0 bridgehead atoms. The highest BCUT2D eigenvalue weighted by Gasteiger charge is 2.19. The van der Waals surface area contributed by atoms with Crippen LogP contribution >= 0.6 is 12.2 Å². The number of fused-ring (bicyclic) bond motifs is 1. The van der Waals surface area contributed by atoms with Crippen LogP contribution in [0.2, 0.25) is 0 Å². The molecule has 1 aliphatic heterocycles. The minimum atomic E-state index is 0.00238. The van der Waals surface area contributed by atoms with E-state index < -0.39 is 0 Å². The summed E-state index contributed by atoms with van der Waals surface area (Å²) in [7, 11) is 0. The van der Waals surface area contributed by atoms with Gasteiger partial charge in [0.05, 0.1) is 4.99 Å². The second-order valence-electron chi connectivity index (χ2n) is 5.78. The fourth-order valence-electron chi connectivity index (χ4n) is 2.62. The van der Waals surface area contributed by atoms with Gasteiger partial charge in [-0.3, -0.25) is 4.79 Å². The maximum Gasteiger partial charge on any atom is 0.251 e. The maximum absolute atomic E-state index is 11.8. The van der Waals surface area contributed by atoms with Gasteiger partial charge < -0.3 is 16.5 Å². The molecule has 0 fully saturated rings. The van der Waals surface area contributed by atoms with Crippen molar-refractivity contribution in [3.8, 4) is 11.1 Å². The van der Waals surface area contributed by atoms with Gasteiger partial charge in [0.25, 0.3) is 5.91 Å². The van der Waals surface area contributed by atoms with Crippen molar-refractivity contribution >= 4 is 28.8 Å². The lowest BCUT2D eigenvalue weighted by atomic mass is 9.94. The summed E-state index contributed by atoms with van der Waals surface area (Å²) in [6.45, 7) is 4.11. The van der Waals surface area contributed by atoms with Crippen molar-refractivity contribution in [2.45, 2.75) is 26.8 Å².